The van der Waals surface area contributed by atoms with Crippen LogP contribution >= 0.6 is 0 Å². The van der Waals surface area contributed by atoms with E-state index in [1.54, 1.807) is 19.1 Å². The van der Waals surface area contributed by atoms with E-state index in [-0.39, 0.29) is 18.5 Å². The highest BCUT2D eigenvalue weighted by Gasteiger charge is 2.07. The van der Waals surface area contributed by atoms with Gasteiger partial charge in [0.25, 0.3) is 5.91 Å². The summed E-state index contributed by atoms with van der Waals surface area (Å²) >= 11 is 0. The quantitative estimate of drug-likeness (QED) is 0.426. The predicted octanol–water partition coefficient (Wildman–Crippen LogP) is -0.176. The van der Waals surface area contributed by atoms with Gasteiger partial charge in [0.1, 0.15) is 6.42 Å². The van der Waals surface area contributed by atoms with Crippen LogP contribution in [0.2, 0.25) is 0 Å². The van der Waals surface area contributed by atoms with Crippen LogP contribution in [0.5, 0.6) is 0 Å². The van der Waals surface area contributed by atoms with E-state index in [0.717, 1.165) is 0 Å². The fourth-order valence-corrected chi connectivity index (χ4v) is 1.48. The number of amides is 2. The normalized spacial score (nSPS) is 12.2. The predicted molar refractivity (Wildman–Crippen MR) is 76.9 cm³/mol. The molecule has 0 aliphatic carbocycles. The maximum atomic E-state index is 11.8. The molecule has 0 aliphatic heterocycles. The fraction of sp³-hybridized carbons (Fsp3) is 0.231. The number of nitrogens with one attached hydrogen (secondary N) is 3. The molecule has 2 amide bonds. The number of hydrogen-bond donors (Lipinski definition) is 4. The molecule has 1 aromatic carbocycles. The number of quaternary nitrogens is 1. The Hall–Kier alpha value is -2.80. The van der Waals surface area contributed by atoms with Crippen LogP contribution in [0.1, 0.15) is 19.8 Å². The summed E-state index contributed by atoms with van der Waals surface area (Å²) in [5.41, 5.74) is 2.91. The van der Waals surface area contributed by atoms with E-state index in [9.17, 15) is 14.8 Å². The van der Waals surface area contributed by atoms with Gasteiger partial charge in [0.2, 0.25) is 5.91 Å². The van der Waals surface area contributed by atoms with Gasteiger partial charge in [0.15, 0.2) is 5.69 Å². The zero-order valence-electron chi connectivity index (χ0n) is 11.8. The van der Waals surface area contributed by atoms with Gasteiger partial charge in [-0.15, -0.1) is 0 Å². The molecule has 1 rings (SSSR count). The first kappa shape index (κ1) is 17.3. The molecule has 0 radical (unpaired) electrons. The van der Waals surface area contributed by atoms with Crippen molar-refractivity contribution in [3.8, 4) is 6.07 Å². The number of carbonyl (C=O) groups is 2. The number of hydrogen-bond acceptors (Lipinski definition) is 6. The highest BCUT2D eigenvalue weighted by Crippen LogP contribution is 2.11. The zero-order chi connectivity index (χ0) is 16.5. The maximum Gasteiger partial charge on any atom is 0.254 e. The largest absolute Gasteiger partial charge is 0.595 e. The minimum absolute atomic E-state index is 0.0620. The Morgan fingerprint density at radius 3 is 2.82 bits per heavy atom. The van der Waals surface area contributed by atoms with Crippen molar-refractivity contribution in [3.05, 3.63) is 29.5 Å². The molecule has 0 aliphatic rings. The van der Waals surface area contributed by atoms with Crippen molar-refractivity contribution in [1.29, 1.82) is 5.26 Å². The summed E-state index contributed by atoms with van der Waals surface area (Å²) in [6.07, 6.45) is -0.394. The van der Waals surface area contributed by atoms with Crippen molar-refractivity contribution in [2.75, 3.05) is 5.32 Å². The second-order valence-electron chi connectivity index (χ2n) is 4.33. The number of benzene rings is 1. The number of nitrogens with zero attached hydrogens (tertiary/aromatic N) is 2. The van der Waals surface area contributed by atoms with Crippen LogP contribution in [-0.4, -0.2) is 22.7 Å². The first-order valence-electron chi connectivity index (χ1n) is 6.24. The van der Waals surface area contributed by atoms with Crippen molar-refractivity contribution in [2.45, 2.75) is 19.8 Å². The molecule has 0 fully saturated rings. The van der Waals surface area contributed by atoms with Gasteiger partial charge < -0.3 is 10.5 Å². The molecule has 1 unspecified atom stereocenters. The van der Waals surface area contributed by atoms with Gasteiger partial charge in [0.05, 0.1) is 12.5 Å². The molecule has 0 aromatic heterocycles. The molecular weight excluding hydrogens is 290 g/mol. The van der Waals surface area contributed by atoms with E-state index in [1.807, 2.05) is 0 Å². The molecule has 0 bridgehead atoms. The number of nitriles is 1. The second kappa shape index (κ2) is 8.48. The lowest BCUT2D eigenvalue weighted by Gasteiger charge is -2.12. The highest BCUT2D eigenvalue weighted by atomic mass is 16.8. The van der Waals surface area contributed by atoms with Gasteiger partial charge >= 0.3 is 0 Å². The molecule has 0 saturated heterocycles. The number of anilines is 1. The lowest BCUT2D eigenvalue weighted by atomic mass is 10.2. The monoisotopic (exact) mass is 305 g/mol. The second-order valence-corrected chi connectivity index (χ2v) is 4.33. The van der Waals surface area contributed by atoms with E-state index in [0.29, 0.717) is 11.4 Å². The van der Waals surface area contributed by atoms with E-state index in [2.05, 4.69) is 15.8 Å². The summed E-state index contributed by atoms with van der Waals surface area (Å²) in [5, 5.41) is 33.1. The Morgan fingerprint density at radius 1 is 1.45 bits per heavy atom. The van der Waals surface area contributed by atoms with E-state index in [4.69, 9.17) is 10.5 Å². The Bertz CT molecular complexity index is 621. The van der Waals surface area contributed by atoms with Crippen LogP contribution in [0.15, 0.2) is 29.4 Å². The number of carbonyl (C=O) groups excluding carboxylic acids is 2. The lowest BCUT2D eigenvalue weighted by Crippen LogP contribution is -2.99. The zero-order valence-corrected chi connectivity index (χ0v) is 11.8. The Kier molecular flexibility index (Phi) is 6.65. The van der Waals surface area contributed by atoms with Crippen molar-refractivity contribution in [2.24, 2.45) is 5.10 Å². The summed E-state index contributed by atoms with van der Waals surface area (Å²) in [5.74, 6) is -0.963. The van der Waals surface area contributed by atoms with Crippen LogP contribution < -0.4 is 16.0 Å². The summed E-state index contributed by atoms with van der Waals surface area (Å²) in [6, 6.07) is 7.49. The molecular formula is C13H15N5O4. The Morgan fingerprint density at radius 2 is 2.18 bits per heavy atom. The summed E-state index contributed by atoms with van der Waals surface area (Å²) in [4.78, 5) is 22.8. The minimum Gasteiger partial charge on any atom is -0.595 e. The first-order valence-corrected chi connectivity index (χ1v) is 6.24. The summed E-state index contributed by atoms with van der Waals surface area (Å²) < 4.78 is 0. The first-order chi connectivity index (χ1) is 10.4. The topological polar surface area (TPSA) is 142 Å². The third-order valence-electron chi connectivity index (χ3n) is 2.42. The summed E-state index contributed by atoms with van der Waals surface area (Å²) in [6.45, 7) is 1.54. The van der Waals surface area contributed by atoms with Gasteiger partial charge in [-0.05, 0) is 13.0 Å². The maximum absolute atomic E-state index is 11.8. The molecule has 0 spiro atoms. The molecule has 0 heterocycles. The smallest absolute Gasteiger partial charge is 0.254 e. The average Bonchev–Trinajstić information content (AvgIpc) is 2.45. The molecule has 1 atom stereocenters. The molecule has 9 nitrogen and oxygen atoms in total. The highest BCUT2D eigenvalue weighted by molar-refractivity contribution is 6.05. The Labute approximate surface area is 126 Å². The molecule has 22 heavy (non-hydrogen) atoms. The van der Waals surface area contributed by atoms with Crippen molar-refractivity contribution in [1.82, 2.24) is 5.43 Å². The SMILES string of the molecule is C/C(CC(=O)Nc1cccc([NH+]([O-])O)c1)=N/NC(=O)CC#N. The van der Waals surface area contributed by atoms with Gasteiger partial charge in [0, 0.05) is 23.5 Å². The van der Waals surface area contributed by atoms with Gasteiger partial charge in [-0.1, -0.05) is 6.07 Å². The van der Waals surface area contributed by atoms with Crippen LogP contribution in [0.4, 0.5) is 11.4 Å². The summed E-state index contributed by atoms with van der Waals surface area (Å²) in [7, 11) is 0. The fourth-order valence-electron chi connectivity index (χ4n) is 1.48. The number of hydrazone groups is 1. The molecule has 4 N–H and O–H groups in total. The minimum atomic E-state index is -1.09. The third-order valence-corrected chi connectivity index (χ3v) is 2.42. The Balaban J connectivity index is 2.56. The van der Waals surface area contributed by atoms with E-state index in [1.165, 1.54) is 18.2 Å². The van der Waals surface area contributed by atoms with Crippen LogP contribution in [-0.2, 0) is 9.59 Å². The van der Waals surface area contributed by atoms with E-state index < -0.39 is 17.0 Å². The third kappa shape index (κ3) is 6.10. The molecule has 0 saturated carbocycles. The molecule has 9 heteroatoms. The average molecular weight is 305 g/mol. The van der Waals surface area contributed by atoms with Gasteiger partial charge in [-0.2, -0.15) is 15.6 Å². The molecule has 1 aromatic rings. The van der Waals surface area contributed by atoms with Crippen LogP contribution in [0, 0.1) is 16.5 Å². The van der Waals surface area contributed by atoms with Crippen molar-refractivity contribution in [3.63, 3.8) is 0 Å². The molecule has 116 valence electrons. The standard InChI is InChI=1S/C13H15N5O4/c1-9(16-17-12(19)5-6-14)7-13(20)15-10-3-2-4-11(8-10)18(21)22/h2-4,8,18,21H,5,7H2,1H3,(H,15,20)(H,17,19)/b16-9-. The van der Waals surface area contributed by atoms with Crippen molar-refractivity contribution < 1.29 is 20.0 Å². The number of rotatable bonds is 6. The van der Waals surface area contributed by atoms with Crippen LogP contribution in [0.25, 0.3) is 0 Å². The van der Waals surface area contributed by atoms with Crippen LogP contribution in [0.3, 0.4) is 0 Å². The van der Waals surface area contributed by atoms with Crippen molar-refractivity contribution >= 4 is 28.9 Å². The van der Waals surface area contributed by atoms with Gasteiger partial charge in [-0.25, -0.2) is 10.6 Å². The van der Waals surface area contributed by atoms with E-state index >= 15 is 0 Å². The lowest BCUT2D eigenvalue weighted by molar-refractivity contribution is -0.991. The van der Waals surface area contributed by atoms with Gasteiger partial charge in [-0.3, -0.25) is 9.59 Å².